The highest BCUT2D eigenvalue weighted by Gasteiger charge is 2.48. The van der Waals surface area contributed by atoms with Crippen LogP contribution in [0.2, 0.25) is 0 Å². The molecule has 3 fully saturated rings. The molecule has 1 saturated heterocycles. The van der Waals surface area contributed by atoms with Crippen LogP contribution in [0.4, 0.5) is 5.69 Å². The molecule has 2 bridgehead atoms. The minimum Gasteiger partial charge on any atom is -0.411 e. The molecule has 4 heteroatoms. The van der Waals surface area contributed by atoms with Gasteiger partial charge in [-0.2, -0.15) is 0 Å². The van der Waals surface area contributed by atoms with Crippen LogP contribution in [0.3, 0.4) is 0 Å². The summed E-state index contributed by atoms with van der Waals surface area (Å²) in [5, 5.41) is 13.0. The van der Waals surface area contributed by atoms with Crippen molar-refractivity contribution in [2.24, 2.45) is 17.0 Å². The van der Waals surface area contributed by atoms with E-state index in [0.29, 0.717) is 12.0 Å². The Labute approximate surface area is 126 Å². The third-order valence-electron chi connectivity index (χ3n) is 5.59. The molecule has 21 heavy (non-hydrogen) atoms. The molecule has 2 saturated carbocycles. The van der Waals surface area contributed by atoms with Gasteiger partial charge in [0.25, 0.3) is 0 Å². The zero-order valence-electron chi connectivity index (χ0n) is 12.4. The standard InChI is InChI=1S/C17H23N3O/c21-18-16-13-6-7-14(12-13)17(16)20-10-8-19(9-11-20)15-4-2-1-3-5-15/h1-5,13-14,17,21H,6-12H2/b18-16-. The SMILES string of the molecule is O/N=C1/C2CCC(C2)C1N1CCN(c2ccccc2)CC1. The number of para-hydroxylation sites is 1. The van der Waals surface area contributed by atoms with Gasteiger partial charge in [-0.05, 0) is 37.3 Å². The van der Waals surface area contributed by atoms with Crippen LogP contribution in [0, 0.1) is 11.8 Å². The lowest BCUT2D eigenvalue weighted by Gasteiger charge is -2.41. The van der Waals surface area contributed by atoms with Gasteiger partial charge >= 0.3 is 0 Å². The normalized spacial score (nSPS) is 34.8. The Hall–Kier alpha value is -1.55. The zero-order chi connectivity index (χ0) is 14.2. The predicted octanol–water partition coefficient (Wildman–Crippen LogP) is 2.44. The van der Waals surface area contributed by atoms with Crippen molar-refractivity contribution >= 4 is 11.4 Å². The molecule has 0 spiro atoms. The van der Waals surface area contributed by atoms with Crippen molar-refractivity contribution in [3.05, 3.63) is 30.3 Å². The van der Waals surface area contributed by atoms with E-state index in [2.05, 4.69) is 45.3 Å². The van der Waals surface area contributed by atoms with Gasteiger partial charge in [0.2, 0.25) is 0 Å². The van der Waals surface area contributed by atoms with Gasteiger partial charge in [-0.3, -0.25) is 4.90 Å². The summed E-state index contributed by atoms with van der Waals surface area (Å²) in [5.74, 6) is 1.28. The third kappa shape index (κ3) is 2.22. The molecule has 0 radical (unpaired) electrons. The summed E-state index contributed by atoms with van der Waals surface area (Å²) in [6.07, 6.45) is 3.78. The quantitative estimate of drug-likeness (QED) is 0.670. The summed E-state index contributed by atoms with van der Waals surface area (Å²) in [6, 6.07) is 11.1. The van der Waals surface area contributed by atoms with Gasteiger partial charge in [-0.1, -0.05) is 23.4 Å². The van der Waals surface area contributed by atoms with E-state index in [1.807, 2.05) is 0 Å². The summed E-state index contributed by atoms with van der Waals surface area (Å²) < 4.78 is 0. The van der Waals surface area contributed by atoms with Crippen LogP contribution in [-0.4, -0.2) is 48.0 Å². The highest BCUT2D eigenvalue weighted by Crippen LogP contribution is 2.45. The number of hydrogen-bond acceptors (Lipinski definition) is 4. The Balaban J connectivity index is 1.44. The summed E-state index contributed by atoms with van der Waals surface area (Å²) in [4.78, 5) is 5.01. The van der Waals surface area contributed by atoms with Gasteiger partial charge in [0.1, 0.15) is 0 Å². The molecule has 3 aliphatic rings. The molecule has 4 nitrogen and oxygen atoms in total. The Morgan fingerprint density at radius 3 is 2.48 bits per heavy atom. The molecule has 112 valence electrons. The van der Waals surface area contributed by atoms with Crippen molar-refractivity contribution in [2.75, 3.05) is 31.1 Å². The van der Waals surface area contributed by atoms with Crippen molar-refractivity contribution in [2.45, 2.75) is 25.3 Å². The van der Waals surface area contributed by atoms with Gasteiger partial charge in [-0.25, -0.2) is 0 Å². The largest absolute Gasteiger partial charge is 0.411 e. The Bertz CT molecular complexity index is 522. The molecule has 4 rings (SSSR count). The maximum absolute atomic E-state index is 9.37. The van der Waals surface area contributed by atoms with Gasteiger partial charge in [0, 0.05) is 37.8 Å². The lowest BCUT2D eigenvalue weighted by Crippen LogP contribution is -2.54. The second-order valence-corrected chi connectivity index (χ2v) is 6.60. The van der Waals surface area contributed by atoms with Gasteiger partial charge in [0.05, 0.1) is 11.8 Å². The van der Waals surface area contributed by atoms with E-state index in [1.165, 1.54) is 24.9 Å². The Kier molecular flexibility index (Phi) is 3.34. The van der Waals surface area contributed by atoms with Gasteiger partial charge in [0.15, 0.2) is 0 Å². The number of rotatable bonds is 2. The first-order chi connectivity index (χ1) is 10.4. The van der Waals surface area contributed by atoms with Crippen LogP contribution >= 0.6 is 0 Å². The first-order valence-corrected chi connectivity index (χ1v) is 8.12. The summed E-state index contributed by atoms with van der Waals surface area (Å²) in [7, 11) is 0. The monoisotopic (exact) mass is 285 g/mol. The van der Waals surface area contributed by atoms with Crippen molar-refractivity contribution in [3.8, 4) is 0 Å². The maximum atomic E-state index is 9.37. The number of hydrogen-bond donors (Lipinski definition) is 1. The number of anilines is 1. The van der Waals surface area contributed by atoms with E-state index in [1.54, 1.807) is 0 Å². The third-order valence-corrected chi connectivity index (χ3v) is 5.59. The highest BCUT2D eigenvalue weighted by molar-refractivity contribution is 5.94. The lowest BCUT2D eigenvalue weighted by molar-refractivity contribution is 0.181. The molecule has 1 N–H and O–H groups in total. The fraction of sp³-hybridized carbons (Fsp3) is 0.588. The number of benzene rings is 1. The van der Waals surface area contributed by atoms with Gasteiger partial charge < -0.3 is 10.1 Å². The topological polar surface area (TPSA) is 39.1 Å². The maximum Gasteiger partial charge on any atom is 0.0775 e. The number of nitrogens with zero attached hydrogens (tertiary/aromatic N) is 3. The predicted molar refractivity (Wildman–Crippen MR) is 84.1 cm³/mol. The van der Waals surface area contributed by atoms with Crippen LogP contribution in [-0.2, 0) is 0 Å². The summed E-state index contributed by atoms with van der Waals surface area (Å²) in [5.41, 5.74) is 2.39. The summed E-state index contributed by atoms with van der Waals surface area (Å²) >= 11 is 0. The van der Waals surface area contributed by atoms with Crippen LogP contribution in [0.5, 0.6) is 0 Å². The Morgan fingerprint density at radius 1 is 1.00 bits per heavy atom. The minimum absolute atomic E-state index is 0.409. The van der Waals surface area contributed by atoms with Crippen molar-refractivity contribution in [1.82, 2.24) is 4.90 Å². The van der Waals surface area contributed by atoms with Crippen molar-refractivity contribution < 1.29 is 5.21 Å². The molecule has 3 unspecified atom stereocenters. The highest BCUT2D eigenvalue weighted by atomic mass is 16.4. The number of piperazine rings is 1. The zero-order valence-corrected chi connectivity index (χ0v) is 12.4. The number of oxime groups is 1. The smallest absolute Gasteiger partial charge is 0.0775 e. The molecule has 0 aromatic heterocycles. The molecular formula is C17H23N3O. The molecule has 1 aliphatic heterocycles. The van der Waals surface area contributed by atoms with Crippen LogP contribution in [0.1, 0.15) is 19.3 Å². The van der Waals surface area contributed by atoms with E-state index >= 15 is 0 Å². The van der Waals surface area contributed by atoms with Gasteiger partial charge in [-0.15, -0.1) is 0 Å². The van der Waals surface area contributed by atoms with Crippen LogP contribution in [0.25, 0.3) is 0 Å². The summed E-state index contributed by atoms with van der Waals surface area (Å²) in [6.45, 7) is 4.27. The molecule has 3 atom stereocenters. The van der Waals surface area contributed by atoms with E-state index in [9.17, 15) is 5.21 Å². The van der Waals surface area contributed by atoms with Crippen LogP contribution < -0.4 is 4.90 Å². The average Bonchev–Trinajstić information content (AvgIpc) is 3.16. The van der Waals surface area contributed by atoms with E-state index in [0.717, 1.165) is 37.8 Å². The molecule has 1 aromatic carbocycles. The van der Waals surface area contributed by atoms with Crippen LogP contribution in [0.15, 0.2) is 35.5 Å². The molecule has 1 heterocycles. The second kappa shape index (κ2) is 5.34. The molecule has 1 aromatic rings. The molecular weight excluding hydrogens is 262 g/mol. The average molecular weight is 285 g/mol. The van der Waals surface area contributed by atoms with E-state index in [-0.39, 0.29) is 0 Å². The fourth-order valence-corrected chi connectivity index (χ4v) is 4.58. The molecule has 2 aliphatic carbocycles. The Morgan fingerprint density at radius 2 is 1.76 bits per heavy atom. The first-order valence-electron chi connectivity index (χ1n) is 8.12. The van der Waals surface area contributed by atoms with Crippen molar-refractivity contribution in [3.63, 3.8) is 0 Å². The van der Waals surface area contributed by atoms with E-state index in [4.69, 9.17) is 0 Å². The minimum atomic E-state index is 0.409. The van der Waals surface area contributed by atoms with E-state index < -0.39 is 0 Å². The number of fused-ring (bicyclic) bond motifs is 2. The molecule has 0 amide bonds. The van der Waals surface area contributed by atoms with Crippen molar-refractivity contribution in [1.29, 1.82) is 0 Å². The second-order valence-electron chi connectivity index (χ2n) is 6.60. The first kappa shape index (κ1) is 13.1. The fourth-order valence-electron chi connectivity index (χ4n) is 4.58. The lowest BCUT2D eigenvalue weighted by atomic mass is 9.91.